The Labute approximate surface area is 188 Å². The van der Waals surface area contributed by atoms with Crippen molar-refractivity contribution in [2.45, 2.75) is 18.6 Å². The number of pyridine rings is 1. The van der Waals surface area contributed by atoms with E-state index in [4.69, 9.17) is 4.74 Å². The number of non-ortho nitro benzene ring substituents is 1. The molecular formula is C25H18N4O4. The first-order valence-corrected chi connectivity index (χ1v) is 10.6. The molecule has 6 rings (SSSR count). The molecule has 3 unspecified atom stereocenters. The standard InChI is InChI=1S/C25H18N4O4/c30-25(15-5-7-17(8-6-15)29(31)32)33-24-20(11-16-9-10-26-12-21(16)24)23-19-4-2-1-3-18(19)22-13-27-14-28(22)23/h1-10,12-14,20,23-24H,11H2. The maximum absolute atomic E-state index is 13.1. The van der Waals surface area contributed by atoms with Gasteiger partial charge in [-0.05, 0) is 35.7 Å². The van der Waals surface area contributed by atoms with E-state index in [9.17, 15) is 14.9 Å². The number of esters is 1. The summed E-state index contributed by atoms with van der Waals surface area (Å²) in [6, 6.07) is 15.6. The number of carbonyl (C=O) groups is 1. The second-order valence-electron chi connectivity index (χ2n) is 8.29. The Morgan fingerprint density at radius 3 is 2.67 bits per heavy atom. The number of aromatic nitrogens is 3. The van der Waals surface area contributed by atoms with Gasteiger partial charge in [-0.1, -0.05) is 24.3 Å². The SMILES string of the molecule is O=C(OC1c2cnccc2CC1C1c2ccccc2-c2cncn21)c1ccc([N+](=O)[O-])cc1. The highest BCUT2D eigenvalue weighted by Gasteiger charge is 2.45. The average molecular weight is 438 g/mol. The van der Waals surface area contributed by atoms with E-state index in [0.29, 0.717) is 0 Å². The van der Waals surface area contributed by atoms with Gasteiger partial charge in [0.05, 0.1) is 34.7 Å². The molecule has 162 valence electrons. The van der Waals surface area contributed by atoms with Gasteiger partial charge in [-0.15, -0.1) is 0 Å². The summed E-state index contributed by atoms with van der Waals surface area (Å²) in [4.78, 5) is 32.1. The number of nitro groups is 1. The summed E-state index contributed by atoms with van der Waals surface area (Å²) >= 11 is 0. The van der Waals surface area contributed by atoms with Crippen LogP contribution in [0.15, 0.2) is 79.5 Å². The molecule has 2 aromatic heterocycles. The number of fused-ring (bicyclic) bond motifs is 4. The molecule has 2 aliphatic rings. The molecule has 0 fully saturated rings. The van der Waals surface area contributed by atoms with Crippen molar-refractivity contribution in [1.82, 2.24) is 14.5 Å². The molecule has 0 saturated carbocycles. The van der Waals surface area contributed by atoms with E-state index in [-0.39, 0.29) is 23.2 Å². The van der Waals surface area contributed by atoms with Crippen LogP contribution in [0.5, 0.6) is 0 Å². The molecule has 0 amide bonds. The Morgan fingerprint density at radius 1 is 1.03 bits per heavy atom. The molecule has 8 nitrogen and oxygen atoms in total. The minimum Gasteiger partial charge on any atom is -0.453 e. The van der Waals surface area contributed by atoms with Gasteiger partial charge in [-0.2, -0.15) is 0 Å². The number of rotatable bonds is 4. The lowest BCUT2D eigenvalue weighted by molar-refractivity contribution is -0.384. The lowest BCUT2D eigenvalue weighted by atomic mass is 9.88. The van der Waals surface area contributed by atoms with Crippen LogP contribution < -0.4 is 0 Å². The fraction of sp³-hybridized carbons (Fsp3) is 0.160. The third kappa shape index (κ3) is 3.02. The Hall–Kier alpha value is -4.33. The fourth-order valence-corrected chi connectivity index (χ4v) is 5.11. The molecule has 3 atom stereocenters. The predicted octanol–water partition coefficient (Wildman–Crippen LogP) is 4.53. The second-order valence-corrected chi connectivity index (χ2v) is 8.29. The fourth-order valence-electron chi connectivity index (χ4n) is 5.11. The Bertz CT molecular complexity index is 1400. The van der Waals surface area contributed by atoms with Crippen molar-refractivity contribution in [2.75, 3.05) is 0 Å². The summed E-state index contributed by atoms with van der Waals surface area (Å²) in [7, 11) is 0. The Kier molecular flexibility index (Phi) is 4.33. The van der Waals surface area contributed by atoms with E-state index >= 15 is 0 Å². The van der Waals surface area contributed by atoms with E-state index < -0.39 is 17.0 Å². The maximum Gasteiger partial charge on any atom is 0.338 e. The van der Waals surface area contributed by atoms with Gasteiger partial charge < -0.3 is 9.30 Å². The Morgan fingerprint density at radius 2 is 1.85 bits per heavy atom. The molecule has 0 spiro atoms. The first kappa shape index (κ1) is 19.4. The van der Waals surface area contributed by atoms with E-state index in [0.717, 1.165) is 28.8 Å². The quantitative estimate of drug-likeness (QED) is 0.264. The minimum atomic E-state index is -0.520. The first-order chi connectivity index (χ1) is 16.1. The molecule has 33 heavy (non-hydrogen) atoms. The van der Waals surface area contributed by atoms with Gasteiger partial charge in [0.1, 0.15) is 6.10 Å². The third-order valence-corrected chi connectivity index (χ3v) is 6.57. The number of imidazole rings is 1. The summed E-state index contributed by atoms with van der Waals surface area (Å²) in [5, 5.41) is 10.9. The van der Waals surface area contributed by atoms with Crippen molar-refractivity contribution in [3.63, 3.8) is 0 Å². The molecule has 0 radical (unpaired) electrons. The van der Waals surface area contributed by atoms with Gasteiger partial charge in [-0.3, -0.25) is 15.1 Å². The maximum atomic E-state index is 13.1. The van der Waals surface area contributed by atoms with Crippen LogP contribution in [-0.2, 0) is 11.2 Å². The molecule has 1 aliphatic carbocycles. The smallest absolute Gasteiger partial charge is 0.338 e. The lowest BCUT2D eigenvalue weighted by Crippen LogP contribution is -2.25. The number of nitrogens with zero attached hydrogens (tertiary/aromatic N) is 4. The van der Waals surface area contributed by atoms with Crippen LogP contribution >= 0.6 is 0 Å². The van der Waals surface area contributed by atoms with Crippen LogP contribution in [0.3, 0.4) is 0 Å². The van der Waals surface area contributed by atoms with Crippen molar-refractivity contribution in [1.29, 1.82) is 0 Å². The first-order valence-electron chi connectivity index (χ1n) is 10.6. The molecule has 0 N–H and O–H groups in total. The van der Waals surface area contributed by atoms with Crippen LogP contribution in [0, 0.1) is 16.0 Å². The van der Waals surface area contributed by atoms with Crippen LogP contribution in [0.25, 0.3) is 11.3 Å². The van der Waals surface area contributed by atoms with Crippen LogP contribution in [0.2, 0.25) is 0 Å². The van der Waals surface area contributed by atoms with Crippen molar-refractivity contribution in [3.8, 4) is 11.3 Å². The zero-order chi connectivity index (χ0) is 22.5. The lowest BCUT2D eigenvalue weighted by Gasteiger charge is -2.28. The van der Waals surface area contributed by atoms with Crippen molar-refractivity contribution < 1.29 is 14.5 Å². The predicted molar refractivity (Wildman–Crippen MR) is 118 cm³/mol. The molecule has 3 heterocycles. The molecular weight excluding hydrogens is 420 g/mol. The monoisotopic (exact) mass is 438 g/mol. The van der Waals surface area contributed by atoms with Crippen LogP contribution in [-0.4, -0.2) is 25.4 Å². The van der Waals surface area contributed by atoms with Crippen LogP contribution in [0.4, 0.5) is 5.69 Å². The molecule has 2 aromatic carbocycles. The number of benzene rings is 2. The van der Waals surface area contributed by atoms with Crippen molar-refractivity contribution >= 4 is 11.7 Å². The average Bonchev–Trinajstić information content (AvgIpc) is 3.52. The van der Waals surface area contributed by atoms with E-state index in [1.165, 1.54) is 29.8 Å². The molecule has 8 heteroatoms. The summed E-state index contributed by atoms with van der Waals surface area (Å²) in [6.45, 7) is 0. The normalized spacial score (nSPS) is 20.1. The molecule has 0 bridgehead atoms. The molecule has 0 saturated heterocycles. The van der Waals surface area contributed by atoms with Crippen LogP contribution in [0.1, 0.15) is 39.2 Å². The molecule has 1 aliphatic heterocycles. The zero-order valence-electron chi connectivity index (χ0n) is 17.4. The molecule has 4 aromatic rings. The minimum absolute atomic E-state index is 0.0410. The summed E-state index contributed by atoms with van der Waals surface area (Å²) in [5.41, 5.74) is 5.55. The summed E-state index contributed by atoms with van der Waals surface area (Å²) < 4.78 is 8.23. The van der Waals surface area contributed by atoms with Crippen molar-refractivity contribution in [2.24, 2.45) is 5.92 Å². The highest BCUT2D eigenvalue weighted by atomic mass is 16.6. The number of hydrogen-bond donors (Lipinski definition) is 0. The number of carbonyl (C=O) groups excluding carboxylic acids is 1. The largest absolute Gasteiger partial charge is 0.453 e. The van der Waals surface area contributed by atoms with Gasteiger partial charge in [0.15, 0.2) is 0 Å². The summed E-state index contributed by atoms with van der Waals surface area (Å²) in [6.07, 6.45) is 7.42. The van der Waals surface area contributed by atoms with Gasteiger partial charge in [0.2, 0.25) is 0 Å². The third-order valence-electron chi connectivity index (χ3n) is 6.57. The topological polar surface area (TPSA) is 100 Å². The highest BCUT2D eigenvalue weighted by molar-refractivity contribution is 5.90. The van der Waals surface area contributed by atoms with E-state index in [2.05, 4.69) is 26.7 Å². The Balaban J connectivity index is 1.38. The highest BCUT2D eigenvalue weighted by Crippen LogP contribution is 2.51. The van der Waals surface area contributed by atoms with Crippen molar-refractivity contribution in [3.05, 3.63) is 112 Å². The van der Waals surface area contributed by atoms with Gasteiger partial charge >= 0.3 is 5.97 Å². The second kappa shape index (κ2) is 7.37. The number of hydrogen-bond acceptors (Lipinski definition) is 6. The summed E-state index contributed by atoms with van der Waals surface area (Å²) in [5.74, 6) is -0.573. The van der Waals surface area contributed by atoms with E-state index in [1.807, 2.05) is 30.7 Å². The van der Waals surface area contributed by atoms with Gasteiger partial charge in [-0.25, -0.2) is 9.78 Å². The zero-order valence-corrected chi connectivity index (χ0v) is 17.4. The number of nitro benzene ring substituents is 1. The number of ether oxygens (including phenoxy) is 1. The van der Waals surface area contributed by atoms with Gasteiger partial charge in [0, 0.05) is 41.6 Å². The van der Waals surface area contributed by atoms with E-state index in [1.54, 1.807) is 12.4 Å². The van der Waals surface area contributed by atoms with Gasteiger partial charge in [0.25, 0.3) is 5.69 Å².